The van der Waals surface area contributed by atoms with Crippen molar-refractivity contribution in [1.29, 1.82) is 0 Å². The number of nitrogens with one attached hydrogen (secondary N) is 2. The molecule has 0 atom stereocenters. The highest BCUT2D eigenvalue weighted by Crippen LogP contribution is 2.24. The number of nitrogens with zero attached hydrogens (tertiary/aromatic N) is 1. The predicted molar refractivity (Wildman–Crippen MR) is 115 cm³/mol. The number of hydrogen-bond donors (Lipinski definition) is 2. The van der Waals surface area contributed by atoms with Crippen LogP contribution < -0.4 is 10.6 Å². The van der Waals surface area contributed by atoms with E-state index in [1.165, 1.54) is 18.2 Å². The van der Waals surface area contributed by atoms with Crippen LogP contribution in [-0.2, 0) is 11.8 Å². The Labute approximate surface area is 176 Å². The Balaban J connectivity index is 2.33. The average molecular weight is 416 g/mol. The number of carbonyl (C=O) groups is 3. The largest absolute Gasteiger partial charge is 0.344 e. The Hall–Kier alpha value is -2.96. The first kappa shape index (κ1) is 23.3. The molecule has 2 rings (SSSR count). The van der Waals surface area contributed by atoms with Gasteiger partial charge in [-0.2, -0.15) is 0 Å². The van der Waals surface area contributed by atoms with Crippen LogP contribution in [-0.4, -0.2) is 27.7 Å². The maximum absolute atomic E-state index is 13.5. The standard InChI is InChI=1S/C23H30FN3O3/c1-8-11-23(5,6)26-22(30)20(28)19-14(3)18(15(4)27(19)7)21(29)25-16-9-10-17(24)13(2)12-16/h9-10,12H,8,11H2,1-7H3,(H,25,29)(H,26,30). The molecule has 0 unspecified atom stereocenters. The summed E-state index contributed by atoms with van der Waals surface area (Å²) < 4.78 is 15.0. The number of hydrogen-bond acceptors (Lipinski definition) is 3. The van der Waals surface area contributed by atoms with E-state index in [1.807, 2.05) is 20.8 Å². The minimum Gasteiger partial charge on any atom is -0.344 e. The number of carbonyl (C=O) groups excluding carboxylic acids is 3. The van der Waals surface area contributed by atoms with Crippen molar-refractivity contribution in [3.05, 3.63) is 52.1 Å². The fourth-order valence-electron chi connectivity index (χ4n) is 3.71. The zero-order valence-electron chi connectivity index (χ0n) is 18.7. The molecule has 162 valence electrons. The number of Topliss-reactive ketones (excluding diaryl/α,β-unsaturated/α-hetero) is 1. The molecule has 0 saturated heterocycles. The van der Waals surface area contributed by atoms with E-state index in [0.717, 1.165) is 12.8 Å². The Bertz CT molecular complexity index is 1010. The van der Waals surface area contributed by atoms with Crippen LogP contribution in [0.2, 0.25) is 0 Å². The number of amides is 2. The van der Waals surface area contributed by atoms with E-state index >= 15 is 0 Å². The Morgan fingerprint density at radius 3 is 2.33 bits per heavy atom. The molecular weight excluding hydrogens is 385 g/mol. The van der Waals surface area contributed by atoms with Crippen molar-refractivity contribution in [1.82, 2.24) is 9.88 Å². The lowest BCUT2D eigenvalue weighted by Crippen LogP contribution is -2.46. The second-order valence-electron chi connectivity index (χ2n) is 8.33. The predicted octanol–water partition coefficient (Wildman–Crippen LogP) is 4.22. The summed E-state index contributed by atoms with van der Waals surface area (Å²) in [4.78, 5) is 38.4. The molecule has 0 aliphatic heterocycles. The van der Waals surface area contributed by atoms with Crippen LogP contribution in [0.3, 0.4) is 0 Å². The number of rotatable bonds is 7. The molecule has 1 aromatic carbocycles. The Morgan fingerprint density at radius 1 is 1.13 bits per heavy atom. The van der Waals surface area contributed by atoms with Crippen LogP contribution in [0.15, 0.2) is 18.2 Å². The third-order valence-corrected chi connectivity index (χ3v) is 5.32. The lowest BCUT2D eigenvalue weighted by molar-refractivity contribution is -0.118. The highest BCUT2D eigenvalue weighted by atomic mass is 19.1. The molecule has 6 nitrogen and oxygen atoms in total. The molecule has 7 heteroatoms. The van der Waals surface area contributed by atoms with E-state index in [1.54, 1.807) is 32.4 Å². The van der Waals surface area contributed by atoms with Crippen molar-refractivity contribution in [3.63, 3.8) is 0 Å². The number of aryl methyl sites for hydroxylation is 1. The third-order valence-electron chi connectivity index (χ3n) is 5.32. The van der Waals surface area contributed by atoms with Gasteiger partial charge in [-0.25, -0.2) is 4.39 Å². The second kappa shape index (κ2) is 8.81. The lowest BCUT2D eigenvalue weighted by Gasteiger charge is -2.25. The van der Waals surface area contributed by atoms with Crippen molar-refractivity contribution in [3.8, 4) is 0 Å². The SMILES string of the molecule is CCCC(C)(C)NC(=O)C(=O)c1c(C)c(C(=O)Nc2ccc(F)c(C)c2)c(C)n1C. The first-order valence-corrected chi connectivity index (χ1v) is 9.99. The molecule has 0 fully saturated rings. The van der Waals surface area contributed by atoms with Crippen LogP contribution in [0.1, 0.15) is 71.3 Å². The number of benzene rings is 1. The molecule has 2 N–H and O–H groups in total. The molecule has 0 aliphatic rings. The van der Waals surface area contributed by atoms with Crippen LogP contribution in [0.4, 0.5) is 10.1 Å². The molecule has 1 aromatic heterocycles. The monoisotopic (exact) mass is 415 g/mol. The summed E-state index contributed by atoms with van der Waals surface area (Å²) in [6, 6.07) is 4.30. The molecule has 2 aromatic rings. The maximum Gasteiger partial charge on any atom is 0.294 e. The molecule has 0 radical (unpaired) electrons. The molecule has 0 spiro atoms. The molecule has 1 heterocycles. The molecule has 0 saturated carbocycles. The number of halogens is 1. The van der Waals surface area contributed by atoms with Gasteiger partial charge in [0.15, 0.2) is 0 Å². The van der Waals surface area contributed by atoms with Crippen molar-refractivity contribution in [2.75, 3.05) is 5.32 Å². The van der Waals surface area contributed by atoms with E-state index < -0.39 is 23.1 Å². The van der Waals surface area contributed by atoms with Crippen LogP contribution in [0.25, 0.3) is 0 Å². The second-order valence-corrected chi connectivity index (χ2v) is 8.33. The first-order chi connectivity index (χ1) is 13.9. The summed E-state index contributed by atoms with van der Waals surface area (Å²) in [5.74, 6) is -2.15. The summed E-state index contributed by atoms with van der Waals surface area (Å²) in [7, 11) is 1.65. The normalized spacial score (nSPS) is 11.3. The fraction of sp³-hybridized carbons (Fsp3) is 0.435. The van der Waals surface area contributed by atoms with Gasteiger partial charge in [-0.15, -0.1) is 0 Å². The highest BCUT2D eigenvalue weighted by molar-refractivity contribution is 6.43. The van der Waals surface area contributed by atoms with Gasteiger partial charge in [-0.1, -0.05) is 13.3 Å². The third kappa shape index (κ3) is 4.78. The maximum atomic E-state index is 13.5. The van der Waals surface area contributed by atoms with Crippen molar-refractivity contribution >= 4 is 23.3 Å². The summed E-state index contributed by atoms with van der Waals surface area (Å²) in [6.07, 6.45) is 1.61. The van der Waals surface area contributed by atoms with E-state index in [2.05, 4.69) is 10.6 Å². The lowest BCUT2D eigenvalue weighted by atomic mass is 9.98. The summed E-state index contributed by atoms with van der Waals surface area (Å²) in [6.45, 7) is 10.7. The van der Waals surface area contributed by atoms with Gasteiger partial charge < -0.3 is 15.2 Å². The van der Waals surface area contributed by atoms with E-state index in [4.69, 9.17) is 0 Å². The number of anilines is 1. The summed E-state index contributed by atoms with van der Waals surface area (Å²) >= 11 is 0. The van der Waals surface area contributed by atoms with Crippen molar-refractivity contribution < 1.29 is 18.8 Å². The van der Waals surface area contributed by atoms with Gasteiger partial charge in [-0.05, 0) is 70.4 Å². The topological polar surface area (TPSA) is 80.2 Å². The first-order valence-electron chi connectivity index (χ1n) is 9.99. The average Bonchev–Trinajstić information content (AvgIpc) is 2.86. The van der Waals surface area contributed by atoms with Crippen molar-refractivity contribution in [2.24, 2.45) is 7.05 Å². The van der Waals surface area contributed by atoms with Gasteiger partial charge in [0.25, 0.3) is 17.6 Å². The van der Waals surface area contributed by atoms with Gasteiger partial charge in [0, 0.05) is 24.0 Å². The van der Waals surface area contributed by atoms with Crippen molar-refractivity contribution in [2.45, 2.75) is 59.9 Å². The molecule has 30 heavy (non-hydrogen) atoms. The molecule has 0 aliphatic carbocycles. The van der Waals surface area contributed by atoms with Crippen LogP contribution in [0, 0.1) is 26.6 Å². The van der Waals surface area contributed by atoms with E-state index in [9.17, 15) is 18.8 Å². The molecule has 2 amide bonds. The van der Waals surface area contributed by atoms with Gasteiger partial charge >= 0.3 is 0 Å². The number of aromatic nitrogens is 1. The van der Waals surface area contributed by atoms with Gasteiger partial charge in [0.2, 0.25) is 0 Å². The smallest absolute Gasteiger partial charge is 0.294 e. The quantitative estimate of drug-likeness (QED) is 0.525. The molecule has 0 bridgehead atoms. The summed E-state index contributed by atoms with van der Waals surface area (Å²) in [5.41, 5.74) is 1.86. The van der Waals surface area contributed by atoms with Crippen LogP contribution in [0.5, 0.6) is 0 Å². The number of ketones is 1. The minimum atomic E-state index is -0.696. The van der Waals surface area contributed by atoms with E-state index in [-0.39, 0.29) is 11.5 Å². The molecular formula is C23H30FN3O3. The zero-order chi connectivity index (χ0) is 22.8. The fourth-order valence-corrected chi connectivity index (χ4v) is 3.71. The van der Waals surface area contributed by atoms with E-state index in [0.29, 0.717) is 28.1 Å². The zero-order valence-corrected chi connectivity index (χ0v) is 18.7. The van der Waals surface area contributed by atoms with Gasteiger partial charge in [-0.3, -0.25) is 14.4 Å². The van der Waals surface area contributed by atoms with Gasteiger partial charge in [0.1, 0.15) is 5.82 Å². The van der Waals surface area contributed by atoms with Crippen LogP contribution >= 0.6 is 0 Å². The Kier molecular flexibility index (Phi) is 6.85. The Morgan fingerprint density at radius 2 is 1.77 bits per heavy atom. The summed E-state index contributed by atoms with van der Waals surface area (Å²) in [5, 5.41) is 5.52. The minimum absolute atomic E-state index is 0.178. The van der Waals surface area contributed by atoms with Gasteiger partial charge in [0.05, 0.1) is 11.3 Å². The highest BCUT2D eigenvalue weighted by Gasteiger charge is 2.31.